The molecule has 110 valence electrons. The van der Waals surface area contributed by atoms with Crippen molar-refractivity contribution in [3.05, 3.63) is 0 Å². The number of carboxylic acids is 2. The average Bonchev–Trinajstić information content (AvgIpc) is 2.34. The molecule has 5 N–H and O–H groups in total. The summed E-state index contributed by atoms with van der Waals surface area (Å²) >= 11 is 0. The number of carbonyl (C=O) groups is 2. The summed E-state index contributed by atoms with van der Waals surface area (Å²) in [5, 5.41) is 46.2. The van der Waals surface area contributed by atoms with Crippen LogP contribution in [0.25, 0.3) is 0 Å². The zero-order valence-electron chi connectivity index (χ0n) is 10.0. The molecule has 9 nitrogen and oxygen atoms in total. The van der Waals surface area contributed by atoms with Gasteiger partial charge < -0.3 is 35.0 Å². The summed E-state index contributed by atoms with van der Waals surface area (Å²) in [6.45, 7) is 0. The molecule has 1 rings (SSSR count). The monoisotopic (exact) mass is 280 g/mol. The van der Waals surface area contributed by atoms with Gasteiger partial charge in [-0.05, 0) is 0 Å². The van der Waals surface area contributed by atoms with E-state index in [9.17, 15) is 24.9 Å². The third kappa shape index (κ3) is 3.39. The van der Waals surface area contributed by atoms with Crippen LogP contribution >= 0.6 is 0 Å². The van der Waals surface area contributed by atoms with Gasteiger partial charge in [0, 0.05) is 13.5 Å². The fourth-order valence-electron chi connectivity index (χ4n) is 1.85. The van der Waals surface area contributed by atoms with Crippen LogP contribution in [0.1, 0.15) is 6.42 Å². The minimum absolute atomic E-state index is 0.560. The number of hydrogen-bond donors (Lipinski definition) is 5. The number of carboxylic acid groups (broad SMARTS) is 2. The number of aliphatic carboxylic acids is 2. The quantitative estimate of drug-likeness (QED) is 0.347. The van der Waals surface area contributed by atoms with E-state index in [-0.39, 0.29) is 0 Å². The Hall–Kier alpha value is -1.26. The van der Waals surface area contributed by atoms with Crippen molar-refractivity contribution in [3.8, 4) is 0 Å². The van der Waals surface area contributed by atoms with Crippen molar-refractivity contribution in [3.63, 3.8) is 0 Å². The van der Waals surface area contributed by atoms with Crippen LogP contribution in [0.5, 0.6) is 0 Å². The molecule has 19 heavy (non-hydrogen) atoms. The Morgan fingerprint density at radius 2 is 1.63 bits per heavy atom. The highest BCUT2D eigenvalue weighted by Crippen LogP contribution is 2.26. The molecule has 5 atom stereocenters. The first-order chi connectivity index (χ1) is 8.79. The molecular weight excluding hydrogens is 264 g/mol. The number of ether oxygens (including phenoxy) is 2. The topological polar surface area (TPSA) is 154 Å². The Morgan fingerprint density at radius 3 is 2.05 bits per heavy atom. The molecule has 0 aromatic carbocycles. The van der Waals surface area contributed by atoms with Crippen molar-refractivity contribution in [1.82, 2.24) is 0 Å². The number of aliphatic hydroxyl groups is 3. The lowest BCUT2D eigenvalue weighted by Crippen LogP contribution is -2.58. The van der Waals surface area contributed by atoms with Gasteiger partial charge in [0.1, 0.15) is 18.3 Å². The predicted molar refractivity (Wildman–Crippen MR) is 57.1 cm³/mol. The maximum absolute atomic E-state index is 10.8. The molecule has 1 aliphatic rings. The molecule has 1 heterocycles. The molecule has 0 aromatic rings. The third-order valence-electron chi connectivity index (χ3n) is 2.97. The zero-order valence-corrected chi connectivity index (χ0v) is 10.0. The highest BCUT2D eigenvalue weighted by Gasteiger charge is 2.46. The lowest BCUT2D eigenvalue weighted by molar-refractivity contribution is -0.292. The van der Waals surface area contributed by atoms with Crippen LogP contribution < -0.4 is 0 Å². The van der Waals surface area contributed by atoms with Crippen LogP contribution in [-0.4, -0.2) is 75.3 Å². The third-order valence-corrected chi connectivity index (χ3v) is 2.97. The fourth-order valence-corrected chi connectivity index (χ4v) is 1.85. The van der Waals surface area contributed by atoms with Gasteiger partial charge in [-0.3, -0.25) is 9.59 Å². The molecule has 0 amide bonds. The summed E-state index contributed by atoms with van der Waals surface area (Å²) < 4.78 is 9.77. The number of methoxy groups -OCH3 is 1. The number of rotatable bonds is 5. The van der Waals surface area contributed by atoms with E-state index in [1.807, 2.05) is 0 Å². The van der Waals surface area contributed by atoms with E-state index in [0.29, 0.717) is 0 Å². The normalized spacial score (nSPS) is 35.3. The molecule has 0 bridgehead atoms. The van der Waals surface area contributed by atoms with Gasteiger partial charge in [-0.15, -0.1) is 0 Å². The SMILES string of the molecule is CO[C@H]1O[C@H](CC(C(=O)O)C(=O)O)[C@@H](O)[C@H](O)[C@@H]1O. The van der Waals surface area contributed by atoms with E-state index in [0.717, 1.165) is 0 Å². The van der Waals surface area contributed by atoms with Crippen LogP contribution in [-0.2, 0) is 19.1 Å². The van der Waals surface area contributed by atoms with Crippen molar-refractivity contribution in [2.24, 2.45) is 5.92 Å². The predicted octanol–water partition coefficient (Wildman–Crippen LogP) is -2.38. The largest absolute Gasteiger partial charge is 0.481 e. The second-order valence-corrected chi connectivity index (χ2v) is 4.22. The molecular formula is C10H16O9. The molecule has 1 saturated heterocycles. The van der Waals surface area contributed by atoms with Gasteiger partial charge in [0.25, 0.3) is 0 Å². The number of hydrogen-bond acceptors (Lipinski definition) is 7. The molecule has 1 aliphatic heterocycles. The molecule has 0 spiro atoms. The van der Waals surface area contributed by atoms with Gasteiger partial charge in [-0.2, -0.15) is 0 Å². The van der Waals surface area contributed by atoms with Crippen molar-refractivity contribution in [2.45, 2.75) is 37.1 Å². The molecule has 9 heteroatoms. The van der Waals surface area contributed by atoms with Crippen LogP contribution in [0.3, 0.4) is 0 Å². The van der Waals surface area contributed by atoms with E-state index in [2.05, 4.69) is 0 Å². The van der Waals surface area contributed by atoms with Crippen molar-refractivity contribution in [1.29, 1.82) is 0 Å². The van der Waals surface area contributed by atoms with E-state index < -0.39 is 55.0 Å². The van der Waals surface area contributed by atoms with Crippen molar-refractivity contribution >= 4 is 11.9 Å². The average molecular weight is 280 g/mol. The standard InChI is InChI=1S/C10H16O9/c1-18-10-7(13)6(12)5(11)4(19-10)2-3(8(14)15)9(16)17/h3-7,10-13H,2H2,1H3,(H,14,15)(H,16,17)/t4-,5-,6+,7+,10+/m1/s1. The second-order valence-electron chi connectivity index (χ2n) is 4.22. The molecule has 0 unspecified atom stereocenters. The summed E-state index contributed by atoms with van der Waals surface area (Å²) in [4.78, 5) is 21.5. The molecule has 0 radical (unpaired) electrons. The lowest BCUT2D eigenvalue weighted by atomic mass is 9.91. The number of aliphatic hydroxyl groups excluding tert-OH is 3. The van der Waals surface area contributed by atoms with Crippen molar-refractivity contribution in [2.75, 3.05) is 7.11 Å². The summed E-state index contributed by atoms with van der Waals surface area (Å²) in [6, 6.07) is 0. The molecule has 0 aromatic heterocycles. The summed E-state index contributed by atoms with van der Waals surface area (Å²) in [7, 11) is 1.18. The van der Waals surface area contributed by atoms with E-state index in [1.165, 1.54) is 7.11 Å². The fraction of sp³-hybridized carbons (Fsp3) is 0.800. The van der Waals surface area contributed by atoms with E-state index >= 15 is 0 Å². The highest BCUT2D eigenvalue weighted by atomic mass is 16.7. The van der Waals surface area contributed by atoms with Crippen LogP contribution in [0.15, 0.2) is 0 Å². The maximum Gasteiger partial charge on any atom is 0.317 e. The first kappa shape index (κ1) is 15.8. The lowest BCUT2D eigenvalue weighted by Gasteiger charge is -2.40. The van der Waals surface area contributed by atoms with Gasteiger partial charge in [0.15, 0.2) is 12.2 Å². The van der Waals surface area contributed by atoms with Gasteiger partial charge >= 0.3 is 11.9 Å². The van der Waals surface area contributed by atoms with Gasteiger partial charge in [0.2, 0.25) is 0 Å². The Morgan fingerprint density at radius 1 is 1.11 bits per heavy atom. The Labute approximate surface area is 108 Å². The Kier molecular flexibility index (Phi) is 5.20. The molecule has 0 aliphatic carbocycles. The minimum Gasteiger partial charge on any atom is -0.481 e. The van der Waals surface area contributed by atoms with E-state index in [4.69, 9.17) is 19.7 Å². The van der Waals surface area contributed by atoms with Crippen molar-refractivity contribution < 1.29 is 44.6 Å². The van der Waals surface area contributed by atoms with Gasteiger partial charge in [-0.25, -0.2) is 0 Å². The Balaban J connectivity index is 2.81. The maximum atomic E-state index is 10.8. The van der Waals surface area contributed by atoms with E-state index in [1.54, 1.807) is 0 Å². The first-order valence-corrected chi connectivity index (χ1v) is 5.47. The first-order valence-electron chi connectivity index (χ1n) is 5.47. The Bertz CT molecular complexity index is 328. The summed E-state index contributed by atoms with van der Waals surface area (Å²) in [6.07, 6.45) is -7.85. The van der Waals surface area contributed by atoms with Gasteiger partial charge in [-0.1, -0.05) is 0 Å². The van der Waals surface area contributed by atoms with Crippen LogP contribution in [0.4, 0.5) is 0 Å². The minimum atomic E-state index is -1.79. The van der Waals surface area contributed by atoms with Crippen LogP contribution in [0, 0.1) is 5.92 Å². The van der Waals surface area contributed by atoms with Crippen LogP contribution in [0.2, 0.25) is 0 Å². The second kappa shape index (κ2) is 6.26. The summed E-state index contributed by atoms with van der Waals surface area (Å²) in [5.41, 5.74) is 0. The molecule has 1 fully saturated rings. The zero-order chi connectivity index (χ0) is 14.7. The summed E-state index contributed by atoms with van der Waals surface area (Å²) in [5.74, 6) is -4.96. The van der Waals surface area contributed by atoms with Gasteiger partial charge in [0.05, 0.1) is 6.10 Å². The molecule has 0 saturated carbocycles. The highest BCUT2D eigenvalue weighted by molar-refractivity contribution is 5.92. The smallest absolute Gasteiger partial charge is 0.317 e.